The number of aromatic nitrogens is 2. The lowest BCUT2D eigenvalue weighted by molar-refractivity contribution is -0.117. The van der Waals surface area contributed by atoms with Gasteiger partial charge in [0, 0.05) is 37.9 Å². The monoisotopic (exact) mass is 405 g/mol. The zero-order valence-corrected chi connectivity index (χ0v) is 16.6. The van der Waals surface area contributed by atoms with Gasteiger partial charge in [-0.3, -0.25) is 14.5 Å². The molecule has 3 rings (SSSR count). The molecular weight excluding hydrogens is 380 g/mol. The van der Waals surface area contributed by atoms with Crippen molar-refractivity contribution in [2.45, 2.75) is 26.8 Å². The summed E-state index contributed by atoms with van der Waals surface area (Å²) in [5, 5.41) is 6.76. The van der Waals surface area contributed by atoms with Crippen LogP contribution in [0.3, 0.4) is 0 Å². The molecule has 1 aromatic heterocycles. The van der Waals surface area contributed by atoms with Crippen molar-refractivity contribution in [2.24, 2.45) is 0 Å². The van der Waals surface area contributed by atoms with Crippen LogP contribution in [0.4, 0.5) is 20.2 Å². The Bertz CT molecular complexity index is 903. The molecule has 0 spiro atoms. The number of carbonyl (C=O) groups is 1. The number of nitrogens with one attached hydrogen (secondary N) is 1. The van der Waals surface area contributed by atoms with Crippen molar-refractivity contribution in [3.8, 4) is 0 Å². The summed E-state index contributed by atoms with van der Waals surface area (Å²) in [5.41, 5.74) is 3.05. The standard InChI is InChI=1S/C20H25F2N5O2/c1-14-7-15(2)9-16(8-14)24-19(28)13-25-3-5-26(6-4-25)17-10-20(29)27(23-11-17)12-18(21)22/h7-11,18H,3-6,12-13H2,1-2H3,(H,24,28). The number of nitrogens with zero attached hydrogens (tertiary/aromatic N) is 4. The van der Waals surface area contributed by atoms with Gasteiger partial charge >= 0.3 is 0 Å². The molecular formula is C20H25F2N5O2. The summed E-state index contributed by atoms with van der Waals surface area (Å²) in [5.74, 6) is -0.0697. The minimum Gasteiger partial charge on any atom is -0.368 e. The average Bonchev–Trinajstić information content (AvgIpc) is 2.63. The quantitative estimate of drug-likeness (QED) is 0.795. The van der Waals surface area contributed by atoms with Crippen LogP contribution in [0.25, 0.3) is 0 Å². The van der Waals surface area contributed by atoms with Gasteiger partial charge in [0.2, 0.25) is 5.91 Å². The van der Waals surface area contributed by atoms with Crippen LogP contribution in [0.5, 0.6) is 0 Å². The average molecular weight is 405 g/mol. The van der Waals surface area contributed by atoms with E-state index in [1.54, 1.807) is 0 Å². The molecule has 2 heterocycles. The number of hydrogen-bond donors (Lipinski definition) is 1. The first kappa shape index (κ1) is 20.9. The molecule has 0 aliphatic carbocycles. The number of halogens is 2. The van der Waals surface area contributed by atoms with Gasteiger partial charge in [-0.25, -0.2) is 13.5 Å². The van der Waals surface area contributed by atoms with Gasteiger partial charge in [-0.2, -0.15) is 5.10 Å². The maximum Gasteiger partial charge on any atom is 0.269 e. The molecule has 7 nitrogen and oxygen atoms in total. The number of amides is 1. The molecule has 9 heteroatoms. The van der Waals surface area contributed by atoms with E-state index >= 15 is 0 Å². The van der Waals surface area contributed by atoms with Crippen LogP contribution in [0, 0.1) is 13.8 Å². The number of piperazine rings is 1. The van der Waals surface area contributed by atoms with Crippen LogP contribution in [0.1, 0.15) is 11.1 Å². The number of carbonyl (C=O) groups excluding carboxylic acids is 1. The number of aryl methyl sites for hydroxylation is 2. The van der Waals surface area contributed by atoms with E-state index in [2.05, 4.69) is 16.5 Å². The largest absolute Gasteiger partial charge is 0.368 e. The molecule has 0 unspecified atom stereocenters. The second kappa shape index (κ2) is 9.13. The molecule has 1 saturated heterocycles. The molecule has 156 valence electrons. The van der Waals surface area contributed by atoms with Gasteiger partial charge in [0.1, 0.15) is 6.54 Å². The maximum atomic E-state index is 12.4. The SMILES string of the molecule is Cc1cc(C)cc(NC(=O)CN2CCN(c3cnn(CC(F)F)c(=O)c3)CC2)c1. The van der Waals surface area contributed by atoms with E-state index in [0.717, 1.165) is 21.5 Å². The van der Waals surface area contributed by atoms with Crippen molar-refractivity contribution in [1.82, 2.24) is 14.7 Å². The second-order valence-corrected chi connectivity index (χ2v) is 7.31. The smallest absolute Gasteiger partial charge is 0.269 e. The number of benzene rings is 1. The third kappa shape index (κ3) is 5.83. The molecule has 1 aromatic carbocycles. The molecule has 0 saturated carbocycles. The van der Waals surface area contributed by atoms with Crippen LogP contribution in [-0.2, 0) is 11.3 Å². The summed E-state index contributed by atoms with van der Waals surface area (Å²) in [6.07, 6.45) is -1.18. The third-order valence-corrected chi connectivity index (χ3v) is 4.78. The predicted octanol–water partition coefficient (Wildman–Crippen LogP) is 1.89. The molecule has 0 atom stereocenters. The Labute approximate surface area is 167 Å². The molecule has 0 bridgehead atoms. The predicted molar refractivity (Wildman–Crippen MR) is 108 cm³/mol. The first-order valence-corrected chi connectivity index (χ1v) is 9.51. The van der Waals surface area contributed by atoms with Gasteiger partial charge in [0.15, 0.2) is 0 Å². The fraction of sp³-hybridized carbons (Fsp3) is 0.450. The van der Waals surface area contributed by atoms with E-state index in [4.69, 9.17) is 0 Å². The Kier molecular flexibility index (Phi) is 6.58. The van der Waals surface area contributed by atoms with Crippen LogP contribution in [0.2, 0.25) is 0 Å². The Hall–Kier alpha value is -2.81. The van der Waals surface area contributed by atoms with E-state index in [0.29, 0.717) is 31.9 Å². The Balaban J connectivity index is 1.52. The molecule has 1 fully saturated rings. The first-order valence-electron chi connectivity index (χ1n) is 9.51. The van der Waals surface area contributed by atoms with Crippen molar-refractivity contribution < 1.29 is 13.6 Å². The highest BCUT2D eigenvalue weighted by Gasteiger charge is 2.20. The number of alkyl halides is 2. The van der Waals surface area contributed by atoms with E-state index in [1.165, 1.54) is 12.3 Å². The molecule has 1 aliphatic heterocycles. The van der Waals surface area contributed by atoms with Gasteiger partial charge in [-0.1, -0.05) is 6.07 Å². The zero-order valence-electron chi connectivity index (χ0n) is 16.6. The summed E-state index contributed by atoms with van der Waals surface area (Å²) in [4.78, 5) is 28.3. The van der Waals surface area contributed by atoms with Crippen molar-refractivity contribution in [3.63, 3.8) is 0 Å². The van der Waals surface area contributed by atoms with Gasteiger partial charge in [-0.15, -0.1) is 0 Å². The number of hydrogen-bond acceptors (Lipinski definition) is 5. The van der Waals surface area contributed by atoms with Crippen molar-refractivity contribution in [1.29, 1.82) is 0 Å². The Morgan fingerprint density at radius 2 is 1.76 bits per heavy atom. The van der Waals surface area contributed by atoms with E-state index < -0.39 is 18.5 Å². The summed E-state index contributed by atoms with van der Waals surface area (Å²) < 4.78 is 25.6. The molecule has 1 aliphatic rings. The summed E-state index contributed by atoms with van der Waals surface area (Å²) in [6.45, 7) is 6.11. The van der Waals surface area contributed by atoms with Gasteiger partial charge in [0.25, 0.3) is 12.0 Å². The zero-order chi connectivity index (χ0) is 21.0. The lowest BCUT2D eigenvalue weighted by Crippen LogP contribution is -2.49. The highest BCUT2D eigenvalue weighted by molar-refractivity contribution is 5.92. The fourth-order valence-electron chi connectivity index (χ4n) is 3.48. The minimum atomic E-state index is -2.62. The van der Waals surface area contributed by atoms with E-state index in [-0.39, 0.29) is 12.5 Å². The lowest BCUT2D eigenvalue weighted by Gasteiger charge is -2.35. The van der Waals surface area contributed by atoms with Crippen LogP contribution >= 0.6 is 0 Å². The molecule has 1 amide bonds. The topological polar surface area (TPSA) is 70.5 Å². The highest BCUT2D eigenvalue weighted by atomic mass is 19.3. The fourth-order valence-corrected chi connectivity index (χ4v) is 3.48. The van der Waals surface area contributed by atoms with Gasteiger partial charge < -0.3 is 10.2 Å². The molecule has 0 radical (unpaired) electrons. The summed E-state index contributed by atoms with van der Waals surface area (Å²) >= 11 is 0. The maximum absolute atomic E-state index is 12.4. The number of anilines is 2. The first-order chi connectivity index (χ1) is 13.8. The normalized spacial score (nSPS) is 15.0. The molecule has 29 heavy (non-hydrogen) atoms. The minimum absolute atomic E-state index is 0.0697. The van der Waals surface area contributed by atoms with Crippen molar-refractivity contribution >= 4 is 17.3 Å². The molecule has 2 aromatic rings. The summed E-state index contributed by atoms with van der Waals surface area (Å²) in [7, 11) is 0. The van der Waals surface area contributed by atoms with E-state index in [1.807, 2.05) is 35.8 Å². The van der Waals surface area contributed by atoms with E-state index in [9.17, 15) is 18.4 Å². The molecule has 1 N–H and O–H groups in total. The summed E-state index contributed by atoms with van der Waals surface area (Å²) in [6, 6.07) is 7.26. The second-order valence-electron chi connectivity index (χ2n) is 7.31. The Morgan fingerprint density at radius 3 is 2.34 bits per heavy atom. The van der Waals surface area contributed by atoms with Crippen molar-refractivity contribution in [3.05, 3.63) is 51.9 Å². The van der Waals surface area contributed by atoms with Crippen LogP contribution < -0.4 is 15.8 Å². The van der Waals surface area contributed by atoms with Crippen molar-refractivity contribution in [2.75, 3.05) is 42.9 Å². The third-order valence-electron chi connectivity index (χ3n) is 4.78. The lowest BCUT2D eigenvalue weighted by atomic mass is 10.1. The van der Waals surface area contributed by atoms with Gasteiger partial charge in [-0.05, 0) is 37.1 Å². The highest BCUT2D eigenvalue weighted by Crippen LogP contribution is 2.15. The Morgan fingerprint density at radius 1 is 1.10 bits per heavy atom. The number of rotatable bonds is 6. The van der Waals surface area contributed by atoms with Crippen LogP contribution in [0.15, 0.2) is 35.3 Å². The van der Waals surface area contributed by atoms with Gasteiger partial charge in [0.05, 0.1) is 18.4 Å². The van der Waals surface area contributed by atoms with Crippen LogP contribution in [-0.4, -0.2) is 59.7 Å².